The monoisotopic (exact) mass is 539 g/mol. The number of hydrogen-bond acceptors (Lipinski definition) is 6. The van der Waals surface area contributed by atoms with E-state index in [2.05, 4.69) is 17.7 Å². The van der Waals surface area contributed by atoms with Gasteiger partial charge in [-0.3, -0.25) is 14.4 Å². The Hall–Kier alpha value is -3.34. The van der Waals surface area contributed by atoms with E-state index in [1.54, 1.807) is 17.0 Å². The third-order valence-corrected chi connectivity index (χ3v) is 8.83. The van der Waals surface area contributed by atoms with Crippen molar-refractivity contribution < 1.29 is 22.3 Å². The fourth-order valence-corrected chi connectivity index (χ4v) is 6.30. The SMILES string of the molecule is Cc1cc2nc(N(CC3CCCO3)C(=O)c3ccc(NS(=O)(=O)c4ccc(F)cc4)cc3)sc2cc1C. The maximum atomic E-state index is 13.7. The summed E-state index contributed by atoms with van der Waals surface area (Å²) < 4.78 is 47.7. The van der Waals surface area contributed by atoms with Crippen LogP contribution in [0.25, 0.3) is 10.2 Å². The van der Waals surface area contributed by atoms with Gasteiger partial charge in [0.25, 0.3) is 15.9 Å². The number of carbonyl (C=O) groups excluding carboxylic acids is 1. The lowest BCUT2D eigenvalue weighted by Crippen LogP contribution is -2.37. The third kappa shape index (κ3) is 5.51. The molecule has 1 aromatic heterocycles. The molecular weight excluding hydrogens is 513 g/mol. The van der Waals surface area contributed by atoms with Crippen LogP contribution in [0.15, 0.2) is 65.6 Å². The molecule has 2 heterocycles. The van der Waals surface area contributed by atoms with Gasteiger partial charge in [-0.15, -0.1) is 0 Å². The van der Waals surface area contributed by atoms with Gasteiger partial charge in [0.15, 0.2) is 5.13 Å². The fourth-order valence-electron chi connectivity index (χ4n) is 4.19. The second-order valence-corrected chi connectivity index (χ2v) is 11.8. The highest BCUT2D eigenvalue weighted by atomic mass is 32.2. The first kappa shape index (κ1) is 25.3. The standard InChI is InChI=1S/C27H26FN3O4S2/c1-17-14-24-25(15-18(17)2)36-27(29-24)31(16-22-4-3-13-35-22)26(32)19-5-9-21(10-6-19)30-37(33,34)23-11-7-20(28)8-12-23/h5-12,14-15,22,30H,3-4,13,16H2,1-2H3. The van der Waals surface area contributed by atoms with E-state index >= 15 is 0 Å². The van der Waals surface area contributed by atoms with Crippen LogP contribution in [0, 0.1) is 19.7 Å². The summed E-state index contributed by atoms with van der Waals surface area (Å²) in [6.45, 7) is 5.15. The molecule has 0 aliphatic carbocycles. The lowest BCUT2D eigenvalue weighted by Gasteiger charge is -2.23. The van der Waals surface area contributed by atoms with Crippen molar-refractivity contribution in [1.29, 1.82) is 0 Å². The number of nitrogens with zero attached hydrogens (tertiary/aromatic N) is 2. The number of amides is 1. The summed E-state index contributed by atoms with van der Waals surface area (Å²) in [7, 11) is -3.90. The van der Waals surface area contributed by atoms with Gasteiger partial charge >= 0.3 is 0 Å². The molecular formula is C27H26FN3O4S2. The molecule has 0 spiro atoms. The van der Waals surface area contributed by atoms with Gasteiger partial charge in [0.1, 0.15) is 5.82 Å². The second kappa shape index (κ2) is 10.2. The zero-order chi connectivity index (χ0) is 26.2. The van der Waals surface area contributed by atoms with E-state index in [0.717, 1.165) is 40.8 Å². The molecule has 10 heteroatoms. The summed E-state index contributed by atoms with van der Waals surface area (Å²) in [5, 5.41) is 0.599. The highest BCUT2D eigenvalue weighted by molar-refractivity contribution is 7.92. The minimum Gasteiger partial charge on any atom is -0.376 e. The number of nitrogens with one attached hydrogen (secondary N) is 1. The molecule has 4 aromatic rings. The van der Waals surface area contributed by atoms with Crippen LogP contribution in [0.2, 0.25) is 0 Å². The maximum absolute atomic E-state index is 13.7. The summed E-state index contributed by atoms with van der Waals surface area (Å²) in [4.78, 5) is 20.0. The van der Waals surface area contributed by atoms with E-state index in [-0.39, 0.29) is 22.6 Å². The number of anilines is 2. The highest BCUT2D eigenvalue weighted by Gasteiger charge is 2.27. The van der Waals surface area contributed by atoms with Gasteiger partial charge < -0.3 is 4.74 Å². The molecule has 3 aromatic carbocycles. The van der Waals surface area contributed by atoms with E-state index in [1.807, 2.05) is 13.0 Å². The van der Waals surface area contributed by atoms with E-state index < -0.39 is 15.8 Å². The Morgan fingerprint density at radius 1 is 1.11 bits per heavy atom. The van der Waals surface area contributed by atoms with E-state index in [1.165, 1.54) is 41.2 Å². The fraction of sp³-hybridized carbons (Fsp3) is 0.259. The van der Waals surface area contributed by atoms with Crippen molar-refractivity contribution in [3.05, 3.63) is 83.2 Å². The summed E-state index contributed by atoms with van der Waals surface area (Å²) >= 11 is 1.46. The molecule has 0 saturated carbocycles. The van der Waals surface area contributed by atoms with Crippen molar-refractivity contribution in [2.45, 2.75) is 37.7 Å². The Morgan fingerprint density at radius 2 is 1.81 bits per heavy atom. The zero-order valence-corrected chi connectivity index (χ0v) is 22.0. The van der Waals surface area contributed by atoms with E-state index in [0.29, 0.717) is 23.8 Å². The van der Waals surface area contributed by atoms with Crippen LogP contribution >= 0.6 is 11.3 Å². The third-order valence-electron chi connectivity index (χ3n) is 6.39. The highest BCUT2D eigenvalue weighted by Crippen LogP contribution is 2.32. The van der Waals surface area contributed by atoms with Crippen LogP contribution in [0.1, 0.15) is 34.3 Å². The molecule has 0 bridgehead atoms. The largest absolute Gasteiger partial charge is 0.376 e. The number of halogens is 1. The number of thiazole rings is 1. The summed E-state index contributed by atoms with van der Waals surface area (Å²) in [6, 6.07) is 14.9. The molecule has 1 N–H and O–H groups in total. The lowest BCUT2D eigenvalue weighted by molar-refractivity contribution is 0.0917. The molecule has 1 saturated heterocycles. The zero-order valence-electron chi connectivity index (χ0n) is 20.4. The number of fused-ring (bicyclic) bond motifs is 1. The molecule has 1 aliphatic rings. The van der Waals surface area contributed by atoms with Gasteiger partial charge in [-0.2, -0.15) is 0 Å². The number of aromatic nitrogens is 1. The first-order valence-electron chi connectivity index (χ1n) is 11.9. The number of rotatable bonds is 7. The quantitative estimate of drug-likeness (QED) is 0.327. The summed E-state index contributed by atoms with van der Waals surface area (Å²) in [5.74, 6) is -0.760. The van der Waals surface area contributed by atoms with Crippen LogP contribution in [-0.4, -0.2) is 38.6 Å². The van der Waals surface area contributed by atoms with Crippen LogP contribution in [0.5, 0.6) is 0 Å². The van der Waals surface area contributed by atoms with Crippen molar-refractivity contribution >= 4 is 48.3 Å². The van der Waals surface area contributed by atoms with Crippen molar-refractivity contribution in [2.24, 2.45) is 0 Å². The first-order chi connectivity index (χ1) is 17.7. The second-order valence-electron chi connectivity index (χ2n) is 9.09. The van der Waals surface area contributed by atoms with Gasteiger partial charge in [-0.25, -0.2) is 17.8 Å². The molecule has 0 radical (unpaired) electrons. The minimum absolute atomic E-state index is 0.0573. The van der Waals surface area contributed by atoms with Gasteiger partial charge in [-0.1, -0.05) is 11.3 Å². The number of carbonyl (C=O) groups is 1. The van der Waals surface area contributed by atoms with Crippen molar-refractivity contribution in [3.63, 3.8) is 0 Å². The molecule has 7 nitrogen and oxygen atoms in total. The summed E-state index contributed by atoms with van der Waals surface area (Å²) in [5.41, 5.74) is 3.84. The van der Waals surface area contributed by atoms with Crippen molar-refractivity contribution in [3.8, 4) is 0 Å². The Balaban J connectivity index is 1.40. The molecule has 1 amide bonds. The van der Waals surface area contributed by atoms with Crippen LogP contribution in [-0.2, 0) is 14.8 Å². The summed E-state index contributed by atoms with van der Waals surface area (Å²) in [6.07, 6.45) is 1.76. The minimum atomic E-state index is -3.90. The molecule has 1 aliphatic heterocycles. The van der Waals surface area contributed by atoms with Gasteiger partial charge in [0.2, 0.25) is 0 Å². The average Bonchev–Trinajstić information content (AvgIpc) is 3.53. The van der Waals surface area contributed by atoms with Crippen LogP contribution < -0.4 is 9.62 Å². The van der Waals surface area contributed by atoms with Crippen molar-refractivity contribution in [2.75, 3.05) is 22.8 Å². The smallest absolute Gasteiger partial charge is 0.261 e. The maximum Gasteiger partial charge on any atom is 0.261 e. The first-order valence-corrected chi connectivity index (χ1v) is 14.2. The normalized spacial score (nSPS) is 15.7. The molecule has 192 valence electrons. The van der Waals surface area contributed by atoms with Gasteiger partial charge in [0.05, 0.1) is 27.8 Å². The number of benzene rings is 3. The Bertz CT molecular complexity index is 1510. The average molecular weight is 540 g/mol. The molecule has 1 unspecified atom stereocenters. The van der Waals surface area contributed by atoms with Crippen LogP contribution in [0.4, 0.5) is 15.2 Å². The molecule has 5 rings (SSSR count). The number of hydrogen-bond donors (Lipinski definition) is 1. The molecule has 1 atom stereocenters. The van der Waals surface area contributed by atoms with E-state index in [9.17, 15) is 17.6 Å². The number of sulfonamides is 1. The van der Waals surface area contributed by atoms with E-state index in [4.69, 9.17) is 9.72 Å². The molecule has 1 fully saturated rings. The Kier molecular flexibility index (Phi) is 6.98. The van der Waals surface area contributed by atoms with Crippen molar-refractivity contribution in [1.82, 2.24) is 4.98 Å². The van der Waals surface area contributed by atoms with Crippen LogP contribution in [0.3, 0.4) is 0 Å². The predicted molar refractivity (Wildman–Crippen MR) is 143 cm³/mol. The number of aryl methyl sites for hydroxylation is 2. The number of ether oxygens (including phenoxy) is 1. The van der Waals surface area contributed by atoms with Gasteiger partial charge in [-0.05, 0) is 98.5 Å². The predicted octanol–water partition coefficient (Wildman–Crippen LogP) is 5.68. The molecule has 37 heavy (non-hydrogen) atoms. The van der Waals surface area contributed by atoms with Gasteiger partial charge in [0, 0.05) is 17.9 Å². The Labute approximate surface area is 219 Å². The Morgan fingerprint density at radius 3 is 2.49 bits per heavy atom. The lowest BCUT2D eigenvalue weighted by atomic mass is 10.1. The topological polar surface area (TPSA) is 88.6 Å².